The molecule has 1 aromatic carbocycles. The molecule has 170 valence electrons. The monoisotopic (exact) mass is 469 g/mol. The molecule has 2 rings (SSSR count). The maximum Gasteiger partial charge on any atom is 0.410 e. The Balaban J connectivity index is 2.84. The first-order chi connectivity index (χ1) is 14.2. The summed E-state index contributed by atoms with van der Waals surface area (Å²) in [5, 5.41) is 11.5. The van der Waals surface area contributed by atoms with Gasteiger partial charge in [-0.15, -0.1) is 5.54 Å². The van der Waals surface area contributed by atoms with Crippen LogP contribution in [-0.4, -0.2) is 53.5 Å². The van der Waals surface area contributed by atoms with Gasteiger partial charge in [-0.3, -0.25) is 14.7 Å². The Morgan fingerprint density at radius 1 is 1.39 bits per heavy atom. The maximum absolute atomic E-state index is 15.0. The minimum atomic E-state index is -3.14. The fourth-order valence-corrected chi connectivity index (χ4v) is 6.26. The zero-order chi connectivity index (χ0) is 23.7. The van der Waals surface area contributed by atoms with Crippen LogP contribution in [0.25, 0.3) is 0 Å². The van der Waals surface area contributed by atoms with Gasteiger partial charge in [0.2, 0.25) is 0 Å². The molecule has 1 aromatic rings. The van der Waals surface area contributed by atoms with Crippen molar-refractivity contribution in [2.45, 2.75) is 50.2 Å². The third kappa shape index (κ3) is 5.15. The first-order valence-corrected chi connectivity index (χ1v) is 15.0. The van der Waals surface area contributed by atoms with Gasteiger partial charge in [0.1, 0.15) is 30.0 Å². The van der Waals surface area contributed by atoms with Crippen LogP contribution < -0.4 is 5.32 Å². The lowest BCUT2D eigenvalue weighted by molar-refractivity contribution is 0.199. The molecular weight excluding hydrogens is 440 g/mol. The highest BCUT2D eigenvalue weighted by molar-refractivity contribution is 7.95. The first-order valence-electron chi connectivity index (χ1n) is 9.82. The van der Waals surface area contributed by atoms with Crippen molar-refractivity contribution in [2.24, 2.45) is 9.36 Å². The summed E-state index contributed by atoms with van der Waals surface area (Å²) < 4.78 is 45.3. The lowest BCUT2D eigenvalue weighted by Crippen LogP contribution is -2.58. The zero-order valence-electron chi connectivity index (χ0n) is 18.7. The maximum atomic E-state index is 15.0. The van der Waals surface area contributed by atoms with Gasteiger partial charge in [-0.05, 0) is 32.0 Å². The van der Waals surface area contributed by atoms with E-state index in [-0.39, 0.29) is 23.6 Å². The SMILES string of the molecule is CN=[S@]1(=O)C[C@](CCF)(c2cc(C#C[Si](C)(C)C)ccc2F)N=C(NC(=O)O)C1(C)C. The Labute approximate surface area is 183 Å². The van der Waals surface area contributed by atoms with Gasteiger partial charge in [0.15, 0.2) is 0 Å². The Bertz CT molecular complexity index is 1090. The van der Waals surface area contributed by atoms with E-state index in [4.69, 9.17) is 0 Å². The predicted octanol–water partition coefficient (Wildman–Crippen LogP) is 4.17. The van der Waals surface area contributed by atoms with E-state index in [1.165, 1.54) is 25.2 Å². The number of aliphatic imine (C=N–C) groups is 1. The molecule has 0 aromatic heterocycles. The number of benzene rings is 1. The predicted molar refractivity (Wildman–Crippen MR) is 123 cm³/mol. The van der Waals surface area contributed by atoms with Crippen LogP contribution in [0.4, 0.5) is 13.6 Å². The van der Waals surface area contributed by atoms with Gasteiger partial charge in [-0.25, -0.2) is 17.8 Å². The number of alkyl halides is 1. The number of rotatable bonds is 3. The highest BCUT2D eigenvalue weighted by Gasteiger charge is 2.51. The third-order valence-electron chi connectivity index (χ3n) is 5.21. The summed E-state index contributed by atoms with van der Waals surface area (Å²) in [6.45, 7) is 8.47. The molecule has 0 radical (unpaired) electrons. The van der Waals surface area contributed by atoms with Crippen LogP contribution in [0.3, 0.4) is 0 Å². The molecule has 0 aliphatic carbocycles. The third-order valence-corrected chi connectivity index (χ3v) is 9.33. The van der Waals surface area contributed by atoms with E-state index in [1.54, 1.807) is 13.8 Å². The lowest BCUT2D eigenvalue weighted by atomic mass is 9.87. The molecule has 0 fully saturated rings. The van der Waals surface area contributed by atoms with Crippen LogP contribution in [0.2, 0.25) is 19.6 Å². The summed E-state index contributed by atoms with van der Waals surface area (Å²) in [6, 6.07) is 4.26. The summed E-state index contributed by atoms with van der Waals surface area (Å²) in [5.41, 5.74) is 2.18. The van der Waals surface area contributed by atoms with E-state index in [1.807, 2.05) is 0 Å². The summed E-state index contributed by atoms with van der Waals surface area (Å²) >= 11 is 0. The highest BCUT2D eigenvalue weighted by atomic mass is 32.2. The molecule has 2 atom stereocenters. The van der Waals surface area contributed by atoms with E-state index in [9.17, 15) is 18.5 Å². The second kappa shape index (κ2) is 8.71. The lowest BCUT2D eigenvalue weighted by Gasteiger charge is -2.43. The van der Waals surface area contributed by atoms with Crippen molar-refractivity contribution >= 4 is 29.7 Å². The molecule has 6 nitrogen and oxygen atoms in total. The fraction of sp³-hybridized carbons (Fsp3) is 0.524. The minimum absolute atomic E-state index is 0.0316. The normalized spacial score (nSPS) is 25.1. The van der Waals surface area contributed by atoms with E-state index < -0.39 is 46.7 Å². The fourth-order valence-electron chi connectivity index (χ4n) is 3.38. The smallest absolute Gasteiger partial charge is 0.410 e. The Morgan fingerprint density at radius 3 is 2.55 bits per heavy atom. The van der Waals surface area contributed by atoms with Crippen LogP contribution in [0.15, 0.2) is 27.6 Å². The number of carboxylic acid groups (broad SMARTS) is 1. The molecule has 1 aliphatic rings. The molecule has 0 spiro atoms. The van der Waals surface area contributed by atoms with Crippen LogP contribution in [0, 0.1) is 17.3 Å². The Kier molecular flexibility index (Phi) is 7.02. The van der Waals surface area contributed by atoms with Gasteiger partial charge >= 0.3 is 6.09 Å². The number of nitrogens with zero attached hydrogens (tertiary/aromatic N) is 2. The molecule has 0 saturated heterocycles. The minimum Gasteiger partial charge on any atom is -0.465 e. The number of amidine groups is 1. The summed E-state index contributed by atoms with van der Waals surface area (Å²) in [4.78, 5) is 15.9. The van der Waals surface area contributed by atoms with E-state index in [2.05, 4.69) is 45.8 Å². The Morgan fingerprint density at radius 2 is 2.03 bits per heavy atom. The largest absolute Gasteiger partial charge is 0.465 e. The number of hydrogen-bond acceptors (Lipinski definition) is 4. The van der Waals surface area contributed by atoms with E-state index >= 15 is 4.39 Å². The van der Waals surface area contributed by atoms with Crippen molar-refractivity contribution in [3.8, 4) is 11.5 Å². The standard InChI is InChI=1S/C21H29F2N3O3SSi/c1-20(2)18(25-19(27)28)26-21(10-11-22,14-30(20,29)24-3)16-13-15(7-8-17(16)23)9-12-31(4,5)6/h7-8,13H,10-11,14H2,1-6H3,(H,25,26)(H,27,28)/t21-,30+/m1/s1. The number of carbonyl (C=O) groups is 1. The summed E-state index contributed by atoms with van der Waals surface area (Å²) in [6.07, 6.45) is -1.68. The van der Waals surface area contributed by atoms with Crippen molar-refractivity contribution in [1.29, 1.82) is 0 Å². The Hall–Kier alpha value is -2.25. The van der Waals surface area contributed by atoms with E-state index in [0.29, 0.717) is 5.56 Å². The number of halogens is 2. The topological polar surface area (TPSA) is 91.1 Å². The molecule has 31 heavy (non-hydrogen) atoms. The van der Waals surface area contributed by atoms with Crippen molar-refractivity contribution in [3.05, 3.63) is 35.1 Å². The van der Waals surface area contributed by atoms with Gasteiger partial charge < -0.3 is 5.11 Å². The van der Waals surface area contributed by atoms with Crippen LogP contribution in [0.1, 0.15) is 31.4 Å². The molecule has 0 bridgehead atoms. The molecule has 1 amide bonds. The van der Waals surface area contributed by atoms with Crippen LogP contribution in [0.5, 0.6) is 0 Å². The number of hydrogen-bond donors (Lipinski definition) is 2. The van der Waals surface area contributed by atoms with Crippen molar-refractivity contribution in [1.82, 2.24) is 5.32 Å². The average molecular weight is 470 g/mol. The quantitative estimate of drug-likeness (QED) is 0.514. The van der Waals surface area contributed by atoms with Gasteiger partial charge in [0.25, 0.3) is 0 Å². The molecule has 1 aliphatic heterocycles. The van der Waals surface area contributed by atoms with Crippen molar-refractivity contribution < 1.29 is 22.9 Å². The molecule has 0 saturated carbocycles. The summed E-state index contributed by atoms with van der Waals surface area (Å²) in [7, 11) is -3.48. The summed E-state index contributed by atoms with van der Waals surface area (Å²) in [5.74, 6) is 2.03. The van der Waals surface area contributed by atoms with Gasteiger partial charge in [0.05, 0.1) is 22.2 Å². The van der Waals surface area contributed by atoms with Gasteiger partial charge in [-0.2, -0.15) is 0 Å². The number of nitrogens with one attached hydrogen (secondary N) is 1. The van der Waals surface area contributed by atoms with Gasteiger partial charge in [0, 0.05) is 24.6 Å². The van der Waals surface area contributed by atoms with Gasteiger partial charge in [-0.1, -0.05) is 25.6 Å². The molecule has 2 N–H and O–H groups in total. The molecule has 10 heteroatoms. The molecule has 1 heterocycles. The second-order valence-corrected chi connectivity index (χ2v) is 16.7. The average Bonchev–Trinajstić information content (AvgIpc) is 2.64. The van der Waals surface area contributed by atoms with Crippen LogP contribution >= 0.6 is 0 Å². The second-order valence-electron chi connectivity index (χ2n) is 9.03. The highest BCUT2D eigenvalue weighted by Crippen LogP contribution is 2.42. The van der Waals surface area contributed by atoms with Crippen molar-refractivity contribution in [3.63, 3.8) is 0 Å². The molecule has 0 unspecified atom stereocenters. The molecular formula is C21H29F2N3O3SSi. The number of amides is 1. The first kappa shape index (κ1) is 25.0. The van der Waals surface area contributed by atoms with Crippen molar-refractivity contribution in [2.75, 3.05) is 19.5 Å². The zero-order valence-corrected chi connectivity index (χ0v) is 20.5. The van der Waals surface area contributed by atoms with Crippen LogP contribution in [-0.2, 0) is 15.3 Å². The van der Waals surface area contributed by atoms with E-state index in [0.717, 1.165) is 0 Å².